The van der Waals surface area contributed by atoms with Gasteiger partial charge in [0.1, 0.15) is 36.6 Å². The van der Waals surface area contributed by atoms with Crippen LogP contribution in [0, 0.1) is 10.1 Å². The molecule has 2 heterocycles. The second-order valence-electron chi connectivity index (χ2n) is 9.04. The van der Waals surface area contributed by atoms with Crippen LogP contribution in [-0.4, -0.2) is 121 Å². The smallest absolute Gasteiger partial charge is 0.269 e. The number of aliphatic hydroxyl groups excluding tert-OH is 6. The Morgan fingerprint density at radius 2 is 1.58 bits per heavy atom. The van der Waals surface area contributed by atoms with Crippen LogP contribution in [0.25, 0.3) is 0 Å². The number of amides is 2. The van der Waals surface area contributed by atoms with Crippen molar-refractivity contribution < 1.29 is 59.4 Å². The van der Waals surface area contributed by atoms with Gasteiger partial charge in [-0.25, -0.2) is 0 Å². The monoisotopic (exact) mass is 545 g/mol. The maximum Gasteiger partial charge on any atom is 0.269 e. The molecule has 212 valence electrons. The molecule has 0 aliphatic carbocycles. The molecule has 0 aromatic heterocycles. The Kier molecular flexibility index (Phi) is 9.15. The van der Waals surface area contributed by atoms with Crippen LogP contribution < -0.4 is 5.73 Å². The van der Waals surface area contributed by atoms with Crippen molar-refractivity contribution in [3.63, 3.8) is 0 Å². The zero-order valence-electron chi connectivity index (χ0n) is 20.4. The van der Waals surface area contributed by atoms with Gasteiger partial charge in [-0.15, -0.1) is 0 Å². The molecule has 3 rings (SSSR count). The van der Waals surface area contributed by atoms with E-state index in [1.807, 2.05) is 0 Å². The molecule has 1 aromatic carbocycles. The molecule has 0 unspecified atom stereocenters. The van der Waals surface area contributed by atoms with Crippen molar-refractivity contribution in [1.82, 2.24) is 4.90 Å². The molecule has 2 aliphatic rings. The van der Waals surface area contributed by atoms with Gasteiger partial charge in [0.25, 0.3) is 5.69 Å². The largest absolute Gasteiger partial charge is 0.394 e. The average molecular weight is 545 g/mol. The topological polar surface area (TPSA) is 256 Å². The second kappa shape index (κ2) is 11.6. The molecule has 8 N–H and O–H groups in total. The number of nitrogens with zero attached hydrogens (tertiary/aromatic N) is 2. The molecule has 0 spiro atoms. The number of nitro groups is 1. The van der Waals surface area contributed by atoms with Crippen LogP contribution in [0.1, 0.15) is 19.4 Å². The standard InChI is InChI=1S/C22H31N3O13/c1-9(28)24(10(2)29)22(11-3-5-12(6-4-11)25(34)35)19(32)18(14(8-27)37-21(22)33)38-20-15(23)17(31)16(30)13(7-26)36-20/h3-6,13-21,26-27,30-33H,7-8,23H2,1-2H3/t13-,14-,15-,16-,17-,18-,19+,20+,21-,22-/m1/s1. The van der Waals surface area contributed by atoms with Gasteiger partial charge in [0.15, 0.2) is 18.1 Å². The van der Waals surface area contributed by atoms with Crippen LogP contribution >= 0.6 is 0 Å². The maximum atomic E-state index is 12.7. The highest BCUT2D eigenvalue weighted by molar-refractivity contribution is 5.94. The first kappa shape index (κ1) is 29.9. The third kappa shape index (κ3) is 5.03. The van der Waals surface area contributed by atoms with Crippen LogP contribution in [0.3, 0.4) is 0 Å². The second-order valence-corrected chi connectivity index (χ2v) is 9.04. The Morgan fingerprint density at radius 1 is 1.03 bits per heavy atom. The van der Waals surface area contributed by atoms with E-state index in [0.29, 0.717) is 4.90 Å². The fraction of sp³-hybridized carbons (Fsp3) is 0.636. The minimum Gasteiger partial charge on any atom is -0.394 e. The number of aliphatic hydroxyl groups is 6. The highest BCUT2D eigenvalue weighted by Crippen LogP contribution is 2.44. The number of benzene rings is 1. The minimum absolute atomic E-state index is 0.156. The van der Waals surface area contributed by atoms with E-state index in [1.165, 1.54) is 0 Å². The first-order valence-electron chi connectivity index (χ1n) is 11.5. The summed E-state index contributed by atoms with van der Waals surface area (Å²) in [5.41, 5.74) is 2.96. The first-order chi connectivity index (χ1) is 17.8. The molecule has 16 heteroatoms. The van der Waals surface area contributed by atoms with Crippen molar-refractivity contribution in [3.05, 3.63) is 39.9 Å². The summed E-state index contributed by atoms with van der Waals surface area (Å²) in [6.45, 7) is 0.356. The molecular formula is C22H31N3O13. The van der Waals surface area contributed by atoms with Crippen LogP contribution in [0.4, 0.5) is 5.69 Å². The molecule has 0 radical (unpaired) electrons. The molecule has 2 aliphatic heterocycles. The number of rotatable bonds is 7. The lowest BCUT2D eigenvalue weighted by Crippen LogP contribution is -2.74. The summed E-state index contributed by atoms with van der Waals surface area (Å²) in [5, 5.41) is 73.8. The van der Waals surface area contributed by atoms with Gasteiger partial charge < -0.3 is 50.6 Å². The van der Waals surface area contributed by atoms with Crippen molar-refractivity contribution in [2.75, 3.05) is 13.2 Å². The predicted molar refractivity (Wildman–Crippen MR) is 123 cm³/mol. The zero-order chi connectivity index (χ0) is 28.5. The Labute approximate surface area is 215 Å². The fourth-order valence-electron chi connectivity index (χ4n) is 4.91. The van der Waals surface area contributed by atoms with E-state index >= 15 is 0 Å². The van der Waals surface area contributed by atoms with Crippen molar-refractivity contribution in [3.8, 4) is 0 Å². The molecule has 2 fully saturated rings. The summed E-state index contributed by atoms with van der Waals surface area (Å²) in [6.07, 6.45) is -13.6. The lowest BCUT2D eigenvalue weighted by atomic mass is 9.75. The van der Waals surface area contributed by atoms with Gasteiger partial charge in [0.2, 0.25) is 11.8 Å². The quantitative estimate of drug-likeness (QED) is 0.129. The molecule has 10 atom stereocenters. The summed E-state index contributed by atoms with van der Waals surface area (Å²) >= 11 is 0. The Bertz CT molecular complexity index is 1010. The minimum atomic E-state index is -2.45. The number of imide groups is 1. The molecule has 0 saturated carbocycles. The summed E-state index contributed by atoms with van der Waals surface area (Å²) in [4.78, 5) is 36.3. The van der Waals surface area contributed by atoms with Gasteiger partial charge >= 0.3 is 0 Å². The highest BCUT2D eigenvalue weighted by Gasteiger charge is 2.63. The van der Waals surface area contributed by atoms with E-state index in [2.05, 4.69) is 0 Å². The van der Waals surface area contributed by atoms with Crippen LogP contribution in [-0.2, 0) is 29.3 Å². The van der Waals surface area contributed by atoms with Crippen molar-refractivity contribution in [2.24, 2.45) is 5.73 Å². The number of ether oxygens (including phenoxy) is 3. The van der Waals surface area contributed by atoms with Gasteiger partial charge in [-0.05, 0) is 17.7 Å². The molecule has 1 aromatic rings. The fourth-order valence-corrected chi connectivity index (χ4v) is 4.91. The van der Waals surface area contributed by atoms with E-state index in [0.717, 1.165) is 38.1 Å². The summed E-state index contributed by atoms with van der Waals surface area (Å²) in [7, 11) is 0. The van der Waals surface area contributed by atoms with Gasteiger partial charge in [-0.3, -0.25) is 24.6 Å². The van der Waals surface area contributed by atoms with Crippen LogP contribution in [0.2, 0.25) is 0 Å². The summed E-state index contributed by atoms with van der Waals surface area (Å²) < 4.78 is 16.7. The Morgan fingerprint density at radius 3 is 2.05 bits per heavy atom. The van der Waals surface area contributed by atoms with E-state index in [9.17, 15) is 50.3 Å². The lowest BCUT2D eigenvalue weighted by Gasteiger charge is -2.55. The summed E-state index contributed by atoms with van der Waals surface area (Å²) in [5.74, 6) is -1.88. The lowest BCUT2D eigenvalue weighted by molar-refractivity contribution is -0.385. The molecular weight excluding hydrogens is 514 g/mol. The number of non-ortho nitro benzene ring substituents is 1. The van der Waals surface area contributed by atoms with Crippen molar-refractivity contribution in [1.29, 1.82) is 0 Å². The van der Waals surface area contributed by atoms with Gasteiger partial charge in [0.05, 0.1) is 24.2 Å². The van der Waals surface area contributed by atoms with E-state index < -0.39 is 90.7 Å². The predicted octanol–water partition coefficient (Wildman–Crippen LogP) is -3.59. The zero-order valence-corrected chi connectivity index (χ0v) is 20.4. The van der Waals surface area contributed by atoms with Crippen LogP contribution in [0.5, 0.6) is 0 Å². The van der Waals surface area contributed by atoms with E-state index in [4.69, 9.17) is 19.9 Å². The average Bonchev–Trinajstić information content (AvgIpc) is 2.87. The number of nitro benzene ring substituents is 1. The number of carbonyl (C=O) groups is 2. The SMILES string of the molecule is CC(=O)N(C(C)=O)[C@@]1(c2ccc([N+](=O)[O-])cc2)[C@H](O)O[C@H](CO)[C@@H](O[C@@H]2O[C@H](CO)[C@@H](O)[C@H](O)[C@H]2N)[C@@H]1O. The van der Waals surface area contributed by atoms with E-state index in [1.54, 1.807) is 0 Å². The molecule has 38 heavy (non-hydrogen) atoms. The van der Waals surface area contributed by atoms with Gasteiger partial charge in [-0.2, -0.15) is 0 Å². The first-order valence-corrected chi connectivity index (χ1v) is 11.5. The molecule has 16 nitrogen and oxygen atoms in total. The highest BCUT2D eigenvalue weighted by atomic mass is 16.7. The normalized spacial score (nSPS) is 37.4. The number of hydrogen-bond acceptors (Lipinski definition) is 14. The van der Waals surface area contributed by atoms with Crippen molar-refractivity contribution in [2.45, 2.75) is 74.6 Å². The van der Waals surface area contributed by atoms with E-state index in [-0.39, 0.29) is 11.3 Å². The third-order valence-electron chi connectivity index (χ3n) is 6.75. The third-order valence-corrected chi connectivity index (χ3v) is 6.75. The Hall–Kier alpha value is -2.64. The number of carbonyl (C=O) groups excluding carboxylic acids is 2. The Balaban J connectivity index is 2.15. The molecule has 2 saturated heterocycles. The van der Waals surface area contributed by atoms with Gasteiger partial charge in [-0.1, -0.05) is 0 Å². The summed E-state index contributed by atoms with van der Waals surface area (Å²) in [6, 6.07) is 2.82. The number of nitrogens with two attached hydrogens (primary N) is 1. The van der Waals surface area contributed by atoms with Crippen molar-refractivity contribution >= 4 is 17.5 Å². The molecule has 0 bridgehead atoms. The number of hydrogen-bond donors (Lipinski definition) is 7. The molecule has 2 amide bonds. The van der Waals surface area contributed by atoms with Gasteiger partial charge in [0, 0.05) is 26.0 Å². The van der Waals surface area contributed by atoms with Crippen LogP contribution in [0.15, 0.2) is 24.3 Å². The maximum absolute atomic E-state index is 12.7.